The Bertz CT molecular complexity index is 901. The van der Waals surface area contributed by atoms with Crippen LogP contribution >= 0.6 is 0 Å². The molecule has 132 valence electrons. The van der Waals surface area contributed by atoms with E-state index in [-0.39, 0.29) is 6.03 Å². The molecular formula is C20H21N5O. The lowest BCUT2D eigenvalue weighted by Gasteiger charge is -2.23. The summed E-state index contributed by atoms with van der Waals surface area (Å²) in [6, 6.07) is 18.0. The number of aromatic nitrogens is 3. The highest BCUT2D eigenvalue weighted by Crippen LogP contribution is 2.29. The van der Waals surface area contributed by atoms with Crippen LogP contribution in [0.3, 0.4) is 0 Å². The first-order valence-corrected chi connectivity index (χ1v) is 8.77. The molecule has 0 saturated heterocycles. The number of hydrogen-bond acceptors (Lipinski definition) is 3. The average molecular weight is 347 g/mol. The van der Waals surface area contributed by atoms with Crippen molar-refractivity contribution in [1.29, 1.82) is 0 Å². The van der Waals surface area contributed by atoms with Crippen LogP contribution in [0.2, 0.25) is 0 Å². The summed E-state index contributed by atoms with van der Waals surface area (Å²) in [4.78, 5) is 19.0. The Kier molecular flexibility index (Phi) is 4.39. The van der Waals surface area contributed by atoms with Crippen molar-refractivity contribution in [2.45, 2.75) is 25.4 Å². The number of nitrogens with zero attached hydrogens (tertiary/aromatic N) is 4. The van der Waals surface area contributed by atoms with Crippen LogP contribution in [-0.2, 0) is 13.6 Å². The van der Waals surface area contributed by atoms with Crippen LogP contribution in [0, 0.1) is 0 Å². The van der Waals surface area contributed by atoms with Crippen molar-refractivity contribution < 1.29 is 4.79 Å². The number of amides is 2. The van der Waals surface area contributed by atoms with Crippen molar-refractivity contribution in [3.63, 3.8) is 0 Å². The monoisotopic (exact) mass is 347 g/mol. The van der Waals surface area contributed by atoms with Crippen LogP contribution in [0.1, 0.15) is 18.4 Å². The van der Waals surface area contributed by atoms with E-state index in [9.17, 15) is 4.79 Å². The second-order valence-corrected chi connectivity index (χ2v) is 6.60. The maximum absolute atomic E-state index is 12.8. The minimum Gasteiger partial charge on any atom is -0.317 e. The Hall–Kier alpha value is -3.15. The van der Waals surface area contributed by atoms with Crippen LogP contribution in [-0.4, -0.2) is 31.7 Å². The van der Waals surface area contributed by atoms with Gasteiger partial charge in [-0.15, -0.1) is 0 Å². The Morgan fingerprint density at radius 1 is 1.19 bits per heavy atom. The minimum atomic E-state index is -0.0671. The van der Waals surface area contributed by atoms with Gasteiger partial charge in [0, 0.05) is 30.9 Å². The van der Waals surface area contributed by atoms with Gasteiger partial charge in [0.05, 0.1) is 0 Å². The molecule has 3 aromatic rings. The number of hydrogen-bond donors (Lipinski definition) is 1. The summed E-state index contributed by atoms with van der Waals surface area (Å²) >= 11 is 0. The number of benzene rings is 2. The number of urea groups is 1. The lowest BCUT2D eigenvalue weighted by molar-refractivity contribution is 0.206. The standard InChI is InChI=1S/C20H21N5O/c1-24-14-21-19(23-24)16-8-5-9-17(12-16)22-20(26)25(18-10-11-18)13-15-6-3-2-4-7-15/h2-9,12,14,18H,10-11,13H2,1H3,(H,22,26). The highest BCUT2D eigenvalue weighted by atomic mass is 16.2. The fraction of sp³-hybridized carbons (Fsp3) is 0.250. The van der Waals surface area contributed by atoms with E-state index < -0.39 is 0 Å². The van der Waals surface area contributed by atoms with E-state index >= 15 is 0 Å². The molecule has 1 aliphatic carbocycles. The summed E-state index contributed by atoms with van der Waals surface area (Å²) in [6.45, 7) is 0.624. The molecule has 1 heterocycles. The van der Waals surface area contributed by atoms with Crippen LogP contribution < -0.4 is 5.32 Å². The van der Waals surface area contributed by atoms with Crippen LogP contribution in [0.15, 0.2) is 60.9 Å². The molecule has 4 rings (SSSR count). The summed E-state index contributed by atoms with van der Waals surface area (Å²) in [5.74, 6) is 0.645. The summed E-state index contributed by atoms with van der Waals surface area (Å²) in [7, 11) is 1.83. The maximum Gasteiger partial charge on any atom is 0.322 e. The predicted octanol–water partition coefficient (Wildman–Crippen LogP) is 3.68. The highest BCUT2D eigenvalue weighted by Gasteiger charge is 2.32. The zero-order valence-corrected chi connectivity index (χ0v) is 14.7. The predicted molar refractivity (Wildman–Crippen MR) is 100 cm³/mol. The first kappa shape index (κ1) is 16.3. The Morgan fingerprint density at radius 2 is 2.00 bits per heavy atom. The van der Waals surface area contributed by atoms with Gasteiger partial charge < -0.3 is 10.2 Å². The molecule has 1 aliphatic rings. The quantitative estimate of drug-likeness (QED) is 0.766. The number of aryl methyl sites for hydroxylation is 1. The molecule has 1 saturated carbocycles. The van der Waals surface area contributed by atoms with E-state index in [0.29, 0.717) is 18.4 Å². The van der Waals surface area contributed by atoms with Gasteiger partial charge in [0.2, 0.25) is 0 Å². The molecule has 2 amide bonds. The molecule has 1 aromatic heterocycles. The lowest BCUT2D eigenvalue weighted by Crippen LogP contribution is -2.36. The van der Waals surface area contributed by atoms with Gasteiger partial charge in [-0.3, -0.25) is 4.68 Å². The van der Waals surface area contributed by atoms with E-state index in [1.807, 2.05) is 54.4 Å². The van der Waals surface area contributed by atoms with Crippen molar-refractivity contribution in [3.8, 4) is 11.4 Å². The zero-order chi connectivity index (χ0) is 17.9. The minimum absolute atomic E-state index is 0.0671. The molecule has 0 spiro atoms. The maximum atomic E-state index is 12.8. The molecule has 1 fully saturated rings. The highest BCUT2D eigenvalue weighted by molar-refractivity contribution is 5.90. The summed E-state index contributed by atoms with van der Waals surface area (Å²) in [5, 5.41) is 7.34. The summed E-state index contributed by atoms with van der Waals surface area (Å²) in [6.07, 6.45) is 3.80. The number of carbonyl (C=O) groups excluding carboxylic acids is 1. The number of nitrogens with one attached hydrogen (secondary N) is 1. The average Bonchev–Trinajstić information content (AvgIpc) is 3.41. The first-order valence-electron chi connectivity index (χ1n) is 8.77. The number of carbonyl (C=O) groups is 1. The van der Waals surface area contributed by atoms with Gasteiger partial charge in [-0.05, 0) is 30.5 Å². The van der Waals surface area contributed by atoms with Gasteiger partial charge in [0.1, 0.15) is 6.33 Å². The summed E-state index contributed by atoms with van der Waals surface area (Å²) in [5.41, 5.74) is 2.77. The Morgan fingerprint density at radius 3 is 2.69 bits per heavy atom. The van der Waals surface area contributed by atoms with Crippen molar-refractivity contribution in [3.05, 3.63) is 66.5 Å². The molecule has 2 aromatic carbocycles. The molecule has 26 heavy (non-hydrogen) atoms. The van der Waals surface area contributed by atoms with Crippen molar-refractivity contribution in [2.24, 2.45) is 7.05 Å². The molecule has 0 bridgehead atoms. The smallest absolute Gasteiger partial charge is 0.317 e. The first-order chi connectivity index (χ1) is 12.7. The SMILES string of the molecule is Cn1cnc(-c2cccc(NC(=O)N(Cc3ccccc3)C3CC3)c2)n1. The molecule has 0 unspecified atom stereocenters. The molecule has 1 N–H and O–H groups in total. The van der Waals surface area contributed by atoms with Gasteiger partial charge in [-0.1, -0.05) is 42.5 Å². The van der Waals surface area contributed by atoms with Crippen LogP contribution in [0.4, 0.5) is 10.5 Å². The zero-order valence-electron chi connectivity index (χ0n) is 14.7. The number of anilines is 1. The third kappa shape index (κ3) is 3.74. The van der Waals surface area contributed by atoms with Crippen molar-refractivity contribution in [1.82, 2.24) is 19.7 Å². The van der Waals surface area contributed by atoms with E-state index in [4.69, 9.17) is 0 Å². The molecule has 0 aliphatic heterocycles. The molecule has 0 radical (unpaired) electrons. The van der Waals surface area contributed by atoms with E-state index in [2.05, 4.69) is 27.5 Å². The fourth-order valence-corrected chi connectivity index (χ4v) is 2.94. The van der Waals surface area contributed by atoms with E-state index in [1.165, 1.54) is 0 Å². The normalized spacial score (nSPS) is 13.4. The number of rotatable bonds is 5. The van der Waals surface area contributed by atoms with Gasteiger partial charge in [0.25, 0.3) is 0 Å². The molecule has 6 heteroatoms. The Labute approximate surface area is 152 Å². The second kappa shape index (κ2) is 7.00. The lowest BCUT2D eigenvalue weighted by atomic mass is 10.2. The van der Waals surface area contributed by atoms with E-state index in [0.717, 1.165) is 29.7 Å². The third-order valence-electron chi connectivity index (χ3n) is 4.42. The molecular weight excluding hydrogens is 326 g/mol. The van der Waals surface area contributed by atoms with Gasteiger partial charge >= 0.3 is 6.03 Å². The van der Waals surface area contributed by atoms with Gasteiger partial charge in [0.15, 0.2) is 5.82 Å². The van der Waals surface area contributed by atoms with Crippen LogP contribution in [0.5, 0.6) is 0 Å². The largest absolute Gasteiger partial charge is 0.322 e. The van der Waals surface area contributed by atoms with Gasteiger partial charge in [-0.25, -0.2) is 9.78 Å². The van der Waals surface area contributed by atoms with E-state index in [1.54, 1.807) is 11.0 Å². The third-order valence-corrected chi connectivity index (χ3v) is 4.42. The molecule has 6 nitrogen and oxygen atoms in total. The topological polar surface area (TPSA) is 63.1 Å². The second-order valence-electron chi connectivity index (χ2n) is 6.60. The van der Waals surface area contributed by atoms with Crippen molar-refractivity contribution >= 4 is 11.7 Å². The Balaban J connectivity index is 1.49. The van der Waals surface area contributed by atoms with Crippen molar-refractivity contribution in [2.75, 3.05) is 5.32 Å². The van der Waals surface area contributed by atoms with Gasteiger partial charge in [-0.2, -0.15) is 5.10 Å². The molecule has 0 atom stereocenters. The summed E-state index contributed by atoms with van der Waals surface area (Å²) < 4.78 is 1.66. The van der Waals surface area contributed by atoms with Crippen LogP contribution in [0.25, 0.3) is 11.4 Å². The fourth-order valence-electron chi connectivity index (χ4n) is 2.94.